The largest absolute Gasteiger partial charge is 0.484 e. The highest BCUT2D eigenvalue weighted by Crippen LogP contribution is 2.32. The van der Waals surface area contributed by atoms with E-state index < -0.39 is 20.7 Å². The molecule has 100 valence electrons. The third kappa shape index (κ3) is 3.97. The second-order valence-electron chi connectivity index (χ2n) is 4.00. The Balaban J connectivity index is 3.32. The Morgan fingerprint density at radius 2 is 2.06 bits per heavy atom. The van der Waals surface area contributed by atoms with E-state index in [1.807, 2.05) is 0 Å². The zero-order valence-electron chi connectivity index (χ0n) is 9.99. The zero-order chi connectivity index (χ0) is 13.9. The molecule has 0 aliphatic rings. The van der Waals surface area contributed by atoms with Crippen LogP contribution in [0.4, 0.5) is 5.69 Å². The van der Waals surface area contributed by atoms with Crippen molar-refractivity contribution in [3.05, 3.63) is 33.9 Å². The number of ether oxygens (including phenoxy) is 1. The number of nitro benzene ring substituents is 1. The molecule has 0 radical (unpaired) electrons. The first-order valence-corrected chi connectivity index (χ1v) is 6.85. The molecular formula is C10H14N2O5S. The Kier molecular flexibility index (Phi) is 4.25. The number of sulfonamides is 1. The molecule has 0 spiro atoms. The van der Waals surface area contributed by atoms with Gasteiger partial charge in [-0.2, -0.15) is 0 Å². The molecule has 0 amide bonds. The second-order valence-corrected chi connectivity index (χ2v) is 5.61. The average molecular weight is 274 g/mol. The van der Waals surface area contributed by atoms with Gasteiger partial charge in [0.2, 0.25) is 15.8 Å². The number of hydrogen-bond donors (Lipinski definition) is 1. The third-order valence-electron chi connectivity index (χ3n) is 1.98. The van der Waals surface area contributed by atoms with Crippen LogP contribution in [-0.4, -0.2) is 19.4 Å². The molecule has 0 aliphatic heterocycles. The summed E-state index contributed by atoms with van der Waals surface area (Å²) in [6.07, 6.45) is -0.315. The van der Waals surface area contributed by atoms with E-state index in [-0.39, 0.29) is 23.1 Å². The van der Waals surface area contributed by atoms with Gasteiger partial charge in [-0.15, -0.1) is 0 Å². The number of benzene rings is 1. The van der Waals surface area contributed by atoms with E-state index in [9.17, 15) is 18.5 Å². The third-order valence-corrected chi connectivity index (χ3v) is 2.70. The summed E-state index contributed by atoms with van der Waals surface area (Å²) in [4.78, 5) is 10.2. The smallest absolute Gasteiger partial charge is 0.311 e. The van der Waals surface area contributed by atoms with Gasteiger partial charge < -0.3 is 4.74 Å². The van der Waals surface area contributed by atoms with E-state index in [1.54, 1.807) is 13.8 Å². The Labute approximate surface area is 105 Å². The molecule has 1 aromatic carbocycles. The van der Waals surface area contributed by atoms with E-state index in [4.69, 9.17) is 9.88 Å². The highest BCUT2D eigenvalue weighted by molar-refractivity contribution is 7.88. The number of hydrogen-bond acceptors (Lipinski definition) is 5. The monoisotopic (exact) mass is 274 g/mol. The first kappa shape index (κ1) is 14.4. The summed E-state index contributed by atoms with van der Waals surface area (Å²) >= 11 is 0. The molecule has 0 saturated heterocycles. The topological polar surface area (TPSA) is 113 Å². The Bertz CT molecular complexity index is 553. The number of nitrogens with two attached hydrogens (primary N) is 1. The minimum Gasteiger partial charge on any atom is -0.484 e. The Hall–Kier alpha value is -1.67. The van der Waals surface area contributed by atoms with Gasteiger partial charge in [0.25, 0.3) is 0 Å². The Morgan fingerprint density at radius 1 is 1.44 bits per heavy atom. The number of primary sulfonamides is 1. The van der Waals surface area contributed by atoms with Gasteiger partial charge in [0.1, 0.15) is 0 Å². The summed E-state index contributed by atoms with van der Waals surface area (Å²) in [7, 11) is -3.78. The van der Waals surface area contributed by atoms with Crippen molar-refractivity contribution in [1.29, 1.82) is 0 Å². The predicted molar refractivity (Wildman–Crippen MR) is 65.7 cm³/mol. The van der Waals surface area contributed by atoms with Crippen molar-refractivity contribution in [3.63, 3.8) is 0 Å². The molecule has 0 unspecified atom stereocenters. The molecule has 8 heteroatoms. The van der Waals surface area contributed by atoms with Crippen molar-refractivity contribution in [2.45, 2.75) is 25.7 Å². The highest BCUT2D eigenvalue weighted by atomic mass is 32.2. The van der Waals surface area contributed by atoms with Crippen molar-refractivity contribution >= 4 is 15.7 Å². The fourth-order valence-electron chi connectivity index (χ4n) is 1.42. The number of para-hydroxylation sites is 1. The van der Waals surface area contributed by atoms with Gasteiger partial charge >= 0.3 is 5.69 Å². The standard InChI is InChI=1S/C10H14N2O5S/c1-7(2)17-10-8(6-18(11,15)16)4-3-5-9(10)12(13)14/h3-5,7H,6H2,1-2H3,(H2,11,15,16). The fourth-order valence-corrected chi connectivity index (χ4v) is 2.08. The minimum atomic E-state index is -3.78. The van der Waals surface area contributed by atoms with E-state index >= 15 is 0 Å². The van der Waals surface area contributed by atoms with Crippen LogP contribution >= 0.6 is 0 Å². The summed E-state index contributed by atoms with van der Waals surface area (Å²) in [5, 5.41) is 15.8. The molecule has 0 saturated carbocycles. The van der Waals surface area contributed by atoms with Crippen molar-refractivity contribution < 1.29 is 18.1 Å². The molecule has 0 atom stereocenters. The molecule has 1 rings (SSSR count). The number of rotatable bonds is 5. The summed E-state index contributed by atoms with van der Waals surface area (Å²) in [6, 6.07) is 4.09. The van der Waals surface area contributed by atoms with Crippen molar-refractivity contribution in [2.75, 3.05) is 0 Å². The Morgan fingerprint density at radius 3 is 2.50 bits per heavy atom. The van der Waals surface area contributed by atoms with E-state index in [0.717, 1.165) is 0 Å². The molecule has 7 nitrogen and oxygen atoms in total. The van der Waals surface area contributed by atoms with Crippen LogP contribution < -0.4 is 9.88 Å². The minimum absolute atomic E-state index is 0.0495. The molecule has 0 heterocycles. The molecular weight excluding hydrogens is 260 g/mol. The maximum absolute atomic E-state index is 11.1. The van der Waals surface area contributed by atoms with E-state index in [0.29, 0.717) is 0 Å². The summed E-state index contributed by atoms with van der Waals surface area (Å²) in [6.45, 7) is 3.38. The van der Waals surface area contributed by atoms with Crippen molar-refractivity contribution in [3.8, 4) is 5.75 Å². The van der Waals surface area contributed by atoms with Crippen LogP contribution in [-0.2, 0) is 15.8 Å². The van der Waals surface area contributed by atoms with Gasteiger partial charge in [-0.3, -0.25) is 10.1 Å². The molecule has 18 heavy (non-hydrogen) atoms. The van der Waals surface area contributed by atoms with Gasteiger partial charge in [-0.1, -0.05) is 12.1 Å². The second kappa shape index (κ2) is 5.32. The van der Waals surface area contributed by atoms with Crippen LogP contribution in [0.1, 0.15) is 19.4 Å². The van der Waals surface area contributed by atoms with E-state index in [1.165, 1.54) is 18.2 Å². The maximum Gasteiger partial charge on any atom is 0.311 e. The van der Waals surface area contributed by atoms with Gasteiger partial charge in [-0.25, -0.2) is 13.6 Å². The zero-order valence-corrected chi connectivity index (χ0v) is 10.8. The van der Waals surface area contributed by atoms with Gasteiger partial charge in [-0.05, 0) is 13.8 Å². The summed E-state index contributed by atoms with van der Waals surface area (Å²) in [5.41, 5.74) is -0.0924. The van der Waals surface area contributed by atoms with Crippen LogP contribution in [0.25, 0.3) is 0 Å². The molecule has 0 bridgehead atoms. The highest BCUT2D eigenvalue weighted by Gasteiger charge is 2.22. The van der Waals surface area contributed by atoms with Crippen LogP contribution in [0, 0.1) is 10.1 Å². The van der Waals surface area contributed by atoms with Gasteiger partial charge in [0.05, 0.1) is 16.8 Å². The van der Waals surface area contributed by atoms with Crippen LogP contribution in [0.2, 0.25) is 0 Å². The van der Waals surface area contributed by atoms with Crippen LogP contribution in [0.5, 0.6) is 5.75 Å². The quantitative estimate of drug-likeness (QED) is 0.639. The van der Waals surface area contributed by atoms with Crippen molar-refractivity contribution in [2.24, 2.45) is 5.14 Å². The van der Waals surface area contributed by atoms with Crippen LogP contribution in [0.15, 0.2) is 18.2 Å². The first-order chi connectivity index (χ1) is 8.20. The normalized spacial score (nSPS) is 11.6. The SMILES string of the molecule is CC(C)Oc1c(CS(N)(=O)=O)cccc1[N+](=O)[O-]. The molecule has 2 N–H and O–H groups in total. The number of nitro groups is 1. The lowest BCUT2D eigenvalue weighted by Gasteiger charge is -2.13. The average Bonchev–Trinajstić information content (AvgIpc) is 2.17. The molecule has 1 aromatic rings. The lowest BCUT2D eigenvalue weighted by atomic mass is 10.2. The summed E-state index contributed by atoms with van der Waals surface area (Å²) in [5.74, 6) is -0.553. The number of nitrogens with zero attached hydrogens (tertiary/aromatic N) is 1. The lowest BCUT2D eigenvalue weighted by Crippen LogP contribution is -2.17. The van der Waals surface area contributed by atoms with Gasteiger partial charge in [0, 0.05) is 11.6 Å². The molecule has 0 fully saturated rings. The predicted octanol–water partition coefficient (Wildman–Crippen LogP) is 1.17. The molecule has 0 aromatic heterocycles. The van der Waals surface area contributed by atoms with E-state index in [2.05, 4.69) is 0 Å². The summed E-state index contributed by atoms with van der Waals surface area (Å²) < 4.78 is 27.5. The fraction of sp³-hybridized carbons (Fsp3) is 0.400. The first-order valence-electron chi connectivity index (χ1n) is 5.14. The van der Waals surface area contributed by atoms with Crippen LogP contribution in [0.3, 0.4) is 0 Å². The lowest BCUT2D eigenvalue weighted by molar-refractivity contribution is -0.386. The maximum atomic E-state index is 11.1. The van der Waals surface area contributed by atoms with Crippen molar-refractivity contribution in [1.82, 2.24) is 0 Å². The molecule has 0 aliphatic carbocycles. The van der Waals surface area contributed by atoms with Gasteiger partial charge in [0.15, 0.2) is 0 Å².